The molecule has 3 aromatic rings. The molecule has 9 heteroatoms. The summed E-state index contributed by atoms with van der Waals surface area (Å²) in [6.45, 7) is 5.41. The molecule has 1 aliphatic rings. The molecule has 1 amide bonds. The first kappa shape index (κ1) is 25.0. The van der Waals surface area contributed by atoms with E-state index in [4.69, 9.17) is 9.47 Å². The molecule has 1 aliphatic heterocycles. The van der Waals surface area contributed by atoms with Crippen molar-refractivity contribution in [2.24, 2.45) is 0 Å². The zero-order chi connectivity index (χ0) is 25.7. The Morgan fingerprint density at radius 1 is 1.03 bits per heavy atom. The van der Waals surface area contributed by atoms with Gasteiger partial charge in [-0.15, -0.1) is 0 Å². The fourth-order valence-corrected chi connectivity index (χ4v) is 4.30. The van der Waals surface area contributed by atoms with Crippen LogP contribution in [0.15, 0.2) is 66.8 Å². The Balaban J connectivity index is 1.77. The number of hydrogen-bond donors (Lipinski definition) is 1. The minimum atomic E-state index is -0.854. The Morgan fingerprint density at radius 2 is 1.75 bits per heavy atom. The van der Waals surface area contributed by atoms with E-state index in [1.54, 1.807) is 30.7 Å². The molecular formula is C27H28FN3O5. The standard InChI is InChI=1S/C27H28FN3O5/c1-3-35-21-11-8-19(16-22(21)36-4-2)24-23(25(32)18-6-9-20(28)10-7-18)26(33)27(34)31(24)14-5-13-30-15-12-29-17-30/h6-12,15-17,24,32H,3-5,13-14H2,1-2H3/t24-/m0/s1. The number of nitrogens with zero attached hydrogens (tertiary/aromatic N) is 3. The van der Waals surface area contributed by atoms with E-state index in [0.29, 0.717) is 43.2 Å². The monoisotopic (exact) mass is 493 g/mol. The Labute approximate surface area is 208 Å². The quantitative estimate of drug-likeness (QED) is 0.257. The first-order valence-electron chi connectivity index (χ1n) is 11.8. The summed E-state index contributed by atoms with van der Waals surface area (Å²) in [7, 11) is 0. The van der Waals surface area contributed by atoms with E-state index in [1.807, 2.05) is 24.6 Å². The van der Waals surface area contributed by atoms with Crippen LogP contribution in [-0.4, -0.2) is 51.0 Å². The minimum absolute atomic E-state index is 0.0548. The number of hydrogen-bond acceptors (Lipinski definition) is 6. The van der Waals surface area contributed by atoms with Crippen LogP contribution in [0.25, 0.3) is 5.76 Å². The SMILES string of the molecule is CCOc1ccc([C@H]2C(=C(O)c3ccc(F)cc3)C(=O)C(=O)N2CCCn2ccnc2)cc1OCC. The van der Waals surface area contributed by atoms with E-state index in [-0.39, 0.29) is 23.4 Å². The number of benzene rings is 2. The number of aliphatic hydroxyl groups excluding tert-OH is 1. The number of halogens is 1. The van der Waals surface area contributed by atoms with E-state index in [9.17, 15) is 19.1 Å². The van der Waals surface area contributed by atoms with Gasteiger partial charge in [-0.3, -0.25) is 9.59 Å². The lowest BCUT2D eigenvalue weighted by molar-refractivity contribution is -0.139. The number of carbonyl (C=O) groups is 2. The lowest BCUT2D eigenvalue weighted by atomic mass is 9.95. The Bertz CT molecular complexity index is 1250. The molecule has 36 heavy (non-hydrogen) atoms. The maximum atomic E-state index is 13.5. The van der Waals surface area contributed by atoms with Crippen LogP contribution < -0.4 is 9.47 Å². The molecule has 0 unspecified atom stereocenters. The predicted molar refractivity (Wildman–Crippen MR) is 131 cm³/mol. The van der Waals surface area contributed by atoms with Crippen LogP contribution in [0, 0.1) is 5.82 Å². The third kappa shape index (κ3) is 5.10. The summed E-state index contributed by atoms with van der Waals surface area (Å²) in [6.07, 6.45) is 5.73. The van der Waals surface area contributed by atoms with E-state index in [1.165, 1.54) is 29.2 Å². The van der Waals surface area contributed by atoms with Crippen LogP contribution in [0.3, 0.4) is 0 Å². The summed E-state index contributed by atoms with van der Waals surface area (Å²) >= 11 is 0. The number of ketones is 1. The number of likely N-dealkylation sites (tertiary alicyclic amines) is 1. The Kier molecular flexibility index (Phi) is 7.68. The van der Waals surface area contributed by atoms with Gasteiger partial charge in [0, 0.05) is 31.0 Å². The van der Waals surface area contributed by atoms with Gasteiger partial charge in [0.25, 0.3) is 11.7 Å². The number of aryl methyl sites for hydroxylation is 1. The molecule has 4 rings (SSSR count). The molecule has 2 heterocycles. The molecule has 0 saturated carbocycles. The van der Waals surface area contributed by atoms with Gasteiger partial charge in [0.1, 0.15) is 11.6 Å². The number of aliphatic hydroxyl groups is 1. The summed E-state index contributed by atoms with van der Waals surface area (Å²) in [5.74, 6) is -1.32. The van der Waals surface area contributed by atoms with E-state index in [0.717, 1.165) is 0 Å². The van der Waals surface area contributed by atoms with Crippen molar-refractivity contribution < 1.29 is 28.6 Å². The maximum Gasteiger partial charge on any atom is 0.295 e. The Hall–Kier alpha value is -4.14. The first-order chi connectivity index (χ1) is 17.4. The molecule has 2 aromatic carbocycles. The second-order valence-electron chi connectivity index (χ2n) is 8.23. The zero-order valence-electron chi connectivity index (χ0n) is 20.2. The molecule has 1 atom stereocenters. The van der Waals surface area contributed by atoms with Gasteiger partial charge in [-0.25, -0.2) is 9.37 Å². The van der Waals surface area contributed by atoms with Gasteiger partial charge in [-0.2, -0.15) is 0 Å². The van der Waals surface area contributed by atoms with Gasteiger partial charge >= 0.3 is 0 Å². The van der Waals surface area contributed by atoms with Crippen molar-refractivity contribution in [3.8, 4) is 11.5 Å². The second-order valence-corrected chi connectivity index (χ2v) is 8.23. The lowest BCUT2D eigenvalue weighted by Crippen LogP contribution is -2.31. The van der Waals surface area contributed by atoms with Crippen molar-refractivity contribution >= 4 is 17.4 Å². The molecule has 188 valence electrons. The van der Waals surface area contributed by atoms with Crippen molar-refractivity contribution in [1.82, 2.24) is 14.5 Å². The van der Waals surface area contributed by atoms with Gasteiger partial charge in [0.2, 0.25) is 0 Å². The van der Waals surface area contributed by atoms with Crippen LogP contribution in [0.5, 0.6) is 11.5 Å². The number of amides is 1. The van der Waals surface area contributed by atoms with Gasteiger partial charge in [-0.05, 0) is 62.2 Å². The van der Waals surface area contributed by atoms with E-state index in [2.05, 4.69) is 4.98 Å². The third-order valence-electron chi connectivity index (χ3n) is 5.92. The molecular weight excluding hydrogens is 465 g/mol. The van der Waals surface area contributed by atoms with Crippen molar-refractivity contribution in [2.45, 2.75) is 32.9 Å². The fourth-order valence-electron chi connectivity index (χ4n) is 4.30. The number of Topliss-reactive ketones (excluding diaryl/α,β-unsaturated/α-hetero) is 1. The van der Waals surface area contributed by atoms with Gasteiger partial charge in [0.05, 0.1) is 31.2 Å². The number of rotatable bonds is 10. The average Bonchev–Trinajstić information content (AvgIpc) is 3.48. The molecule has 0 bridgehead atoms. The van der Waals surface area contributed by atoms with Crippen LogP contribution >= 0.6 is 0 Å². The molecule has 1 aromatic heterocycles. The number of aromatic nitrogens is 2. The normalized spacial score (nSPS) is 17.0. The van der Waals surface area contributed by atoms with Crippen LogP contribution in [-0.2, 0) is 16.1 Å². The highest BCUT2D eigenvalue weighted by Crippen LogP contribution is 2.42. The molecule has 1 N–H and O–H groups in total. The summed E-state index contributed by atoms with van der Waals surface area (Å²) in [6, 6.07) is 9.48. The molecule has 0 aliphatic carbocycles. The highest BCUT2D eigenvalue weighted by atomic mass is 19.1. The van der Waals surface area contributed by atoms with Gasteiger partial charge < -0.3 is 24.0 Å². The van der Waals surface area contributed by atoms with E-state index >= 15 is 0 Å². The molecule has 8 nitrogen and oxygen atoms in total. The zero-order valence-corrected chi connectivity index (χ0v) is 20.2. The fraction of sp³-hybridized carbons (Fsp3) is 0.296. The van der Waals surface area contributed by atoms with Gasteiger partial charge in [0.15, 0.2) is 11.5 Å². The van der Waals surface area contributed by atoms with E-state index < -0.39 is 23.5 Å². The van der Waals surface area contributed by atoms with Gasteiger partial charge in [-0.1, -0.05) is 6.07 Å². The Morgan fingerprint density at radius 3 is 2.42 bits per heavy atom. The third-order valence-corrected chi connectivity index (χ3v) is 5.92. The maximum absolute atomic E-state index is 13.5. The topological polar surface area (TPSA) is 93.9 Å². The van der Waals surface area contributed by atoms with Crippen LogP contribution in [0.4, 0.5) is 4.39 Å². The average molecular weight is 494 g/mol. The molecule has 0 spiro atoms. The number of ether oxygens (including phenoxy) is 2. The van der Waals surface area contributed by atoms with Crippen molar-refractivity contribution in [3.05, 3.63) is 83.7 Å². The summed E-state index contributed by atoms with van der Waals surface area (Å²) in [5, 5.41) is 11.1. The highest BCUT2D eigenvalue weighted by molar-refractivity contribution is 6.46. The molecule has 1 saturated heterocycles. The van der Waals surface area contributed by atoms with Crippen molar-refractivity contribution in [1.29, 1.82) is 0 Å². The number of carbonyl (C=O) groups excluding carboxylic acids is 2. The summed E-state index contributed by atoms with van der Waals surface area (Å²) in [5.41, 5.74) is 0.780. The second kappa shape index (κ2) is 11.1. The summed E-state index contributed by atoms with van der Waals surface area (Å²) < 4.78 is 26.8. The highest BCUT2D eigenvalue weighted by Gasteiger charge is 2.46. The van der Waals surface area contributed by atoms with Crippen molar-refractivity contribution in [3.63, 3.8) is 0 Å². The molecule has 0 radical (unpaired) electrons. The van der Waals surface area contributed by atoms with Crippen molar-refractivity contribution in [2.75, 3.05) is 19.8 Å². The largest absolute Gasteiger partial charge is 0.507 e. The number of imidazole rings is 1. The van der Waals surface area contributed by atoms with Crippen LogP contribution in [0.2, 0.25) is 0 Å². The summed E-state index contributed by atoms with van der Waals surface area (Å²) in [4.78, 5) is 31.8. The predicted octanol–water partition coefficient (Wildman–Crippen LogP) is 4.33. The molecule has 1 fully saturated rings. The lowest BCUT2D eigenvalue weighted by Gasteiger charge is -2.26. The van der Waals surface area contributed by atoms with Crippen LogP contribution in [0.1, 0.15) is 37.4 Å². The smallest absolute Gasteiger partial charge is 0.295 e. The first-order valence-corrected chi connectivity index (χ1v) is 11.8. The minimum Gasteiger partial charge on any atom is -0.507 e.